The molecular weight excluding hydrogens is 553 g/mol. The van der Waals surface area contributed by atoms with E-state index in [4.69, 9.17) is 4.74 Å². The molecule has 0 spiro atoms. The maximum Gasteiger partial charge on any atom is 0.335 e. The predicted molar refractivity (Wildman–Crippen MR) is 147 cm³/mol. The minimum absolute atomic E-state index is 0.0250. The molecule has 3 heterocycles. The van der Waals surface area contributed by atoms with E-state index in [1.165, 1.54) is 30.5 Å². The summed E-state index contributed by atoms with van der Waals surface area (Å²) in [6.45, 7) is 3.30. The normalized spacial score (nSPS) is 11.1. The molecule has 214 valence electrons. The molecule has 0 bridgehead atoms. The highest BCUT2D eigenvalue weighted by molar-refractivity contribution is 6.04. The third-order valence-corrected chi connectivity index (χ3v) is 6.23. The zero-order chi connectivity index (χ0) is 30.1. The molecular formula is C29H23F3N6O4. The van der Waals surface area contributed by atoms with Crippen molar-refractivity contribution in [1.29, 1.82) is 0 Å². The van der Waals surface area contributed by atoms with Gasteiger partial charge in [-0.1, -0.05) is 0 Å². The van der Waals surface area contributed by atoms with E-state index in [-0.39, 0.29) is 11.4 Å². The van der Waals surface area contributed by atoms with E-state index in [2.05, 4.69) is 15.4 Å². The number of hydrogen-bond acceptors (Lipinski definition) is 6. The van der Waals surface area contributed by atoms with E-state index in [1.807, 2.05) is 0 Å². The summed E-state index contributed by atoms with van der Waals surface area (Å²) >= 11 is 0. The molecule has 0 radical (unpaired) electrons. The second-order valence-corrected chi connectivity index (χ2v) is 9.54. The number of halogens is 3. The summed E-state index contributed by atoms with van der Waals surface area (Å²) in [6, 6.07) is 8.50. The molecule has 13 heteroatoms. The van der Waals surface area contributed by atoms with Crippen molar-refractivity contribution >= 4 is 11.6 Å². The van der Waals surface area contributed by atoms with Gasteiger partial charge in [0.25, 0.3) is 11.5 Å². The van der Waals surface area contributed by atoms with Gasteiger partial charge < -0.3 is 10.1 Å². The summed E-state index contributed by atoms with van der Waals surface area (Å²) < 4.78 is 52.5. The fourth-order valence-corrected chi connectivity index (χ4v) is 4.12. The molecule has 1 N–H and O–H groups in total. The number of carbonyl (C=O) groups is 1. The number of aromatic nitrogens is 5. The zero-order valence-electron chi connectivity index (χ0n) is 22.5. The standard InChI is InChI=1S/C29H23F3N6O4/c1-16(2)37-15-21(28(40)38(29(37)41)19-6-4-18(30)5-7-19)27(39)35-25-11-23(32)26(12-22(25)31)42-20-8-9-33-24(10-20)17-13-34-36(3)14-17/h4-16H,1-3H3,(H,35,39). The van der Waals surface area contributed by atoms with Crippen molar-refractivity contribution in [1.82, 2.24) is 23.9 Å². The number of hydrogen-bond donors (Lipinski definition) is 1. The van der Waals surface area contributed by atoms with Crippen LogP contribution in [0.2, 0.25) is 0 Å². The largest absolute Gasteiger partial charge is 0.454 e. The molecule has 0 aliphatic heterocycles. The van der Waals surface area contributed by atoms with Gasteiger partial charge in [-0.3, -0.25) is 23.8 Å². The van der Waals surface area contributed by atoms with E-state index < -0.39 is 57.7 Å². The van der Waals surface area contributed by atoms with Crippen LogP contribution in [0.25, 0.3) is 16.9 Å². The van der Waals surface area contributed by atoms with Crippen molar-refractivity contribution in [3.05, 3.63) is 117 Å². The summed E-state index contributed by atoms with van der Waals surface area (Å²) in [7, 11) is 1.74. The Morgan fingerprint density at radius 1 is 0.976 bits per heavy atom. The van der Waals surface area contributed by atoms with Crippen LogP contribution in [0.4, 0.5) is 18.9 Å². The Morgan fingerprint density at radius 3 is 2.38 bits per heavy atom. The van der Waals surface area contributed by atoms with E-state index >= 15 is 8.78 Å². The van der Waals surface area contributed by atoms with E-state index in [0.717, 1.165) is 29.0 Å². The number of aryl methyl sites for hydroxylation is 1. The number of anilines is 1. The van der Waals surface area contributed by atoms with Gasteiger partial charge in [-0.05, 0) is 44.2 Å². The lowest BCUT2D eigenvalue weighted by molar-refractivity contribution is 0.102. The van der Waals surface area contributed by atoms with Crippen LogP contribution in [0, 0.1) is 17.5 Å². The van der Waals surface area contributed by atoms with Gasteiger partial charge in [0.1, 0.15) is 17.1 Å². The van der Waals surface area contributed by atoms with Crippen LogP contribution in [-0.2, 0) is 7.05 Å². The SMILES string of the molecule is CC(C)n1cc(C(=O)Nc2cc(F)c(Oc3ccnc(-c4cnn(C)c4)c3)cc2F)c(=O)n(-c2ccc(F)cc2)c1=O. The maximum absolute atomic E-state index is 15.1. The fraction of sp³-hybridized carbons (Fsp3) is 0.138. The molecule has 0 unspecified atom stereocenters. The second-order valence-electron chi connectivity index (χ2n) is 9.54. The maximum atomic E-state index is 15.1. The molecule has 5 rings (SSSR count). The first-order valence-electron chi connectivity index (χ1n) is 12.6. The number of amides is 1. The van der Waals surface area contributed by atoms with Crippen LogP contribution in [0.5, 0.6) is 11.5 Å². The predicted octanol–water partition coefficient (Wildman–Crippen LogP) is 4.84. The van der Waals surface area contributed by atoms with Gasteiger partial charge in [-0.25, -0.2) is 22.5 Å². The summed E-state index contributed by atoms with van der Waals surface area (Å²) in [5, 5.41) is 6.26. The molecule has 3 aromatic heterocycles. The fourth-order valence-electron chi connectivity index (χ4n) is 4.12. The Labute approximate surface area is 236 Å². The summed E-state index contributed by atoms with van der Waals surface area (Å²) in [4.78, 5) is 43.6. The molecule has 0 aliphatic carbocycles. The van der Waals surface area contributed by atoms with E-state index in [0.29, 0.717) is 21.9 Å². The molecule has 1 amide bonds. The lowest BCUT2D eigenvalue weighted by atomic mass is 10.2. The van der Waals surface area contributed by atoms with Gasteiger partial charge in [0.15, 0.2) is 17.4 Å². The van der Waals surface area contributed by atoms with Crippen LogP contribution in [0.3, 0.4) is 0 Å². The highest BCUT2D eigenvalue weighted by Gasteiger charge is 2.22. The van der Waals surface area contributed by atoms with Gasteiger partial charge in [-0.15, -0.1) is 0 Å². The lowest BCUT2D eigenvalue weighted by Crippen LogP contribution is -2.42. The Bertz CT molecular complexity index is 1930. The van der Waals surface area contributed by atoms with Crippen molar-refractivity contribution in [2.45, 2.75) is 19.9 Å². The van der Waals surface area contributed by atoms with Crippen LogP contribution in [0.15, 0.2) is 82.9 Å². The van der Waals surface area contributed by atoms with Crippen molar-refractivity contribution in [3.63, 3.8) is 0 Å². The number of pyridine rings is 1. The summed E-state index contributed by atoms with van der Waals surface area (Å²) in [5.41, 5.74) is -1.66. The van der Waals surface area contributed by atoms with Gasteiger partial charge in [0.2, 0.25) is 0 Å². The average Bonchev–Trinajstić information content (AvgIpc) is 3.39. The Balaban J connectivity index is 1.44. The number of rotatable bonds is 7. The number of carbonyl (C=O) groups excluding carboxylic acids is 1. The molecule has 5 aromatic rings. The molecule has 0 fully saturated rings. The number of ether oxygens (including phenoxy) is 1. The van der Waals surface area contributed by atoms with E-state index in [1.54, 1.807) is 38.0 Å². The van der Waals surface area contributed by atoms with Crippen LogP contribution < -0.4 is 21.3 Å². The van der Waals surface area contributed by atoms with Crippen molar-refractivity contribution in [3.8, 4) is 28.4 Å². The first-order valence-corrected chi connectivity index (χ1v) is 12.6. The van der Waals surface area contributed by atoms with Crippen molar-refractivity contribution < 1.29 is 22.7 Å². The average molecular weight is 577 g/mol. The molecule has 2 aromatic carbocycles. The second kappa shape index (κ2) is 11.2. The lowest BCUT2D eigenvalue weighted by Gasteiger charge is -2.16. The van der Waals surface area contributed by atoms with Gasteiger partial charge >= 0.3 is 5.69 Å². The zero-order valence-corrected chi connectivity index (χ0v) is 22.5. The highest BCUT2D eigenvalue weighted by atomic mass is 19.1. The first kappa shape index (κ1) is 28.1. The van der Waals surface area contributed by atoms with Crippen molar-refractivity contribution in [2.24, 2.45) is 7.05 Å². The van der Waals surface area contributed by atoms with Crippen molar-refractivity contribution in [2.75, 3.05) is 5.32 Å². The molecule has 0 saturated heterocycles. The van der Waals surface area contributed by atoms with Crippen LogP contribution in [0.1, 0.15) is 30.2 Å². The third kappa shape index (κ3) is 5.57. The molecule has 42 heavy (non-hydrogen) atoms. The molecule has 0 saturated carbocycles. The Morgan fingerprint density at radius 2 is 1.71 bits per heavy atom. The Kier molecular flexibility index (Phi) is 7.49. The smallest absolute Gasteiger partial charge is 0.335 e. The number of nitrogens with one attached hydrogen (secondary N) is 1. The summed E-state index contributed by atoms with van der Waals surface area (Å²) in [6.07, 6.45) is 5.80. The third-order valence-electron chi connectivity index (χ3n) is 6.23. The van der Waals surface area contributed by atoms with E-state index in [9.17, 15) is 18.8 Å². The molecule has 10 nitrogen and oxygen atoms in total. The first-order chi connectivity index (χ1) is 20.0. The minimum atomic E-state index is -1.09. The summed E-state index contributed by atoms with van der Waals surface area (Å²) in [5.74, 6) is -4.00. The van der Waals surface area contributed by atoms with Gasteiger partial charge in [-0.2, -0.15) is 5.10 Å². The van der Waals surface area contributed by atoms with Gasteiger partial charge in [0, 0.05) is 55.4 Å². The number of nitrogens with zero attached hydrogens (tertiary/aromatic N) is 5. The minimum Gasteiger partial charge on any atom is -0.454 e. The number of benzene rings is 2. The molecule has 0 atom stereocenters. The topological polar surface area (TPSA) is 113 Å². The van der Waals surface area contributed by atoms with Crippen LogP contribution in [-0.4, -0.2) is 29.8 Å². The van der Waals surface area contributed by atoms with Crippen LogP contribution >= 0.6 is 0 Å². The quantitative estimate of drug-likeness (QED) is 0.297. The van der Waals surface area contributed by atoms with Gasteiger partial charge in [0.05, 0.1) is 23.3 Å². The molecule has 0 aliphatic rings. The Hall–Kier alpha value is -5.46. The highest BCUT2D eigenvalue weighted by Crippen LogP contribution is 2.31. The monoisotopic (exact) mass is 576 g/mol.